The summed E-state index contributed by atoms with van der Waals surface area (Å²) in [4.78, 5) is 0. The van der Waals surface area contributed by atoms with Gasteiger partial charge in [0.2, 0.25) is 11.4 Å². The maximum atomic E-state index is 11.8. The van der Waals surface area contributed by atoms with E-state index in [1.54, 1.807) is 0 Å². The molecule has 0 amide bonds. The summed E-state index contributed by atoms with van der Waals surface area (Å²) in [6.45, 7) is 21.4. The zero-order valence-corrected chi connectivity index (χ0v) is 58.5. The number of unbranched alkanes of at least 4 members (excludes halogenated alkanes) is 47. The maximum Gasteiger partial charge on any atom is 2.00 e. The van der Waals surface area contributed by atoms with Crippen molar-refractivity contribution in [1.29, 1.82) is 0 Å². The van der Waals surface area contributed by atoms with E-state index in [0.717, 1.165) is 86.7 Å². The predicted octanol–water partition coefficient (Wildman–Crippen LogP) is 29.2. The number of rotatable bonds is 57. The Bertz CT molecular complexity index is 1670. The quantitative estimate of drug-likeness (QED) is 0.0273. The molecule has 488 valence electrons. The van der Waals surface area contributed by atoms with Gasteiger partial charge in [-0.25, -0.2) is 4.70 Å². The van der Waals surface area contributed by atoms with Crippen LogP contribution in [-0.2, 0) is 29.3 Å². The van der Waals surface area contributed by atoms with Gasteiger partial charge in [-0.1, -0.05) is 368 Å². The number of hydrogen-bond acceptors (Lipinski definition) is 0. The van der Waals surface area contributed by atoms with E-state index in [2.05, 4.69) is 104 Å². The van der Waals surface area contributed by atoms with Gasteiger partial charge in [0.15, 0.2) is 0 Å². The van der Waals surface area contributed by atoms with Gasteiger partial charge in [-0.15, -0.1) is 0 Å². The molecule has 0 aromatic heterocycles. The zero-order valence-electron chi connectivity index (χ0n) is 57.5. The minimum Gasteiger partial charge on any atom is -0.493 e. The minimum atomic E-state index is 0. The van der Waals surface area contributed by atoms with E-state index in [1.165, 1.54) is 329 Å². The van der Waals surface area contributed by atoms with Crippen molar-refractivity contribution in [3.05, 3.63) is 101 Å². The van der Waals surface area contributed by atoms with E-state index >= 15 is 0 Å². The van der Waals surface area contributed by atoms with Crippen molar-refractivity contribution in [3.8, 4) is 0 Å². The second-order valence-corrected chi connectivity index (χ2v) is 26.0. The molecule has 0 unspecified atom stereocenters. The molecule has 1 aliphatic rings. The number of allylic oxidation sites excluding steroid dienone is 2. The first-order valence-corrected chi connectivity index (χ1v) is 37.7. The van der Waals surface area contributed by atoms with Crippen LogP contribution in [0.2, 0.25) is 0 Å². The summed E-state index contributed by atoms with van der Waals surface area (Å²) in [7, 11) is 0. The van der Waals surface area contributed by atoms with Crippen LogP contribution in [-0.4, -0.2) is 4.70 Å². The standard InChI is InChI=1S/C35H50N2.2C23H47.Ni/c1-5-9-13-15-18-29-19-16-20-31(27-29)35-33(22-12-8-4)32(21-11-7-3)34(37(35)36)30-25-23-28(24-26-30)17-14-10-6-2;2*1-3-5-7-9-11-13-15-17-19-21-23-22-20-18-16-14-12-10-8-6-4-2;/h16,19-20,23-27H,5-15,17-18,21-22H2,1-4H3;2*1,3-23H2,2H3;/q;2*-1;+2. The average molecular weight is 1200 g/mol. The Kier molecular flexibility index (Phi) is 62.5. The van der Waals surface area contributed by atoms with Crippen LogP contribution < -0.4 is 0 Å². The van der Waals surface area contributed by atoms with Crippen LogP contribution in [0, 0.1) is 13.8 Å². The molecule has 1 heterocycles. The molecule has 2 aromatic rings. The van der Waals surface area contributed by atoms with Crippen LogP contribution in [0.1, 0.15) is 417 Å². The Morgan fingerprint density at radius 1 is 0.274 bits per heavy atom. The van der Waals surface area contributed by atoms with Gasteiger partial charge in [-0.3, -0.25) is 0 Å². The minimum absolute atomic E-state index is 0. The first-order chi connectivity index (χ1) is 41.0. The molecule has 0 saturated carbocycles. The van der Waals surface area contributed by atoms with Crippen LogP contribution in [0.3, 0.4) is 0 Å². The van der Waals surface area contributed by atoms with E-state index in [-0.39, 0.29) is 16.5 Å². The molecule has 0 aliphatic carbocycles. The van der Waals surface area contributed by atoms with Gasteiger partial charge >= 0.3 is 16.5 Å². The molecule has 0 N–H and O–H groups in total. The van der Waals surface area contributed by atoms with E-state index < -0.39 is 0 Å². The van der Waals surface area contributed by atoms with Crippen LogP contribution in [0.25, 0.3) is 16.9 Å². The van der Waals surface area contributed by atoms with Crippen molar-refractivity contribution in [2.45, 2.75) is 408 Å². The van der Waals surface area contributed by atoms with Crippen molar-refractivity contribution < 1.29 is 21.2 Å². The van der Waals surface area contributed by atoms with Gasteiger partial charge in [0.05, 0.1) is 0 Å². The predicted molar refractivity (Wildman–Crippen MR) is 376 cm³/mol. The van der Waals surface area contributed by atoms with Crippen molar-refractivity contribution in [2.75, 3.05) is 0 Å². The number of hydrogen-bond donors (Lipinski definition) is 0. The monoisotopic (exact) mass is 1200 g/mol. The Morgan fingerprint density at radius 3 is 0.857 bits per heavy atom. The molecule has 2 nitrogen and oxygen atoms in total. The van der Waals surface area contributed by atoms with Crippen LogP contribution >= 0.6 is 0 Å². The van der Waals surface area contributed by atoms with Crippen LogP contribution in [0.15, 0.2) is 59.7 Å². The number of benzene rings is 2. The molecule has 2 aromatic carbocycles. The van der Waals surface area contributed by atoms with E-state index in [1.807, 2.05) is 0 Å². The van der Waals surface area contributed by atoms with E-state index in [9.17, 15) is 5.53 Å². The molecule has 3 rings (SSSR count). The molecule has 0 fully saturated rings. The van der Waals surface area contributed by atoms with Crippen molar-refractivity contribution in [1.82, 2.24) is 0 Å². The van der Waals surface area contributed by atoms with Crippen molar-refractivity contribution in [2.24, 2.45) is 0 Å². The Hall–Kier alpha value is -1.99. The van der Waals surface area contributed by atoms with Crippen molar-refractivity contribution >= 4 is 11.4 Å². The van der Waals surface area contributed by atoms with Crippen LogP contribution in [0.4, 0.5) is 0 Å². The van der Waals surface area contributed by atoms with Crippen molar-refractivity contribution in [3.63, 3.8) is 0 Å². The zero-order chi connectivity index (χ0) is 60.2. The second kappa shape index (κ2) is 64.0. The summed E-state index contributed by atoms with van der Waals surface area (Å²) in [6, 6.07) is 17.9. The van der Waals surface area contributed by atoms with Gasteiger partial charge in [-0.2, -0.15) is 12.8 Å². The fourth-order valence-corrected chi connectivity index (χ4v) is 12.4. The third kappa shape index (κ3) is 45.3. The Labute approximate surface area is 538 Å². The first kappa shape index (κ1) is 82.0. The first-order valence-electron chi connectivity index (χ1n) is 37.7. The molecule has 0 spiro atoms. The molecule has 0 saturated heterocycles. The van der Waals surface area contributed by atoms with E-state index in [0.29, 0.717) is 0 Å². The Morgan fingerprint density at radius 2 is 0.536 bits per heavy atom. The SMILES string of the molecule is CCCCCCc1cccc(C2=C(CCCC)C(CCCC)=C(c3ccc(CCCCC)cc3)[N+]2=[N-])c1.[CH2-]CCCCCCCCCCCCCCCCCCCCCC.[CH2-]CCCCCCCCCCCCCCCCCCCCCC.[Ni+2]. The molecule has 1 aliphatic heterocycles. The Balaban J connectivity index is 0.00000129. The molecular formula is C81H144N2Ni. The summed E-state index contributed by atoms with van der Waals surface area (Å²) in [5, 5.41) is 0. The molecule has 0 radical (unpaired) electrons. The molecule has 84 heavy (non-hydrogen) atoms. The van der Waals surface area contributed by atoms with Gasteiger partial charge < -0.3 is 19.4 Å². The van der Waals surface area contributed by atoms with Crippen LogP contribution in [0.5, 0.6) is 0 Å². The summed E-state index contributed by atoms with van der Waals surface area (Å²) < 4.78 is 1.54. The van der Waals surface area contributed by atoms with Gasteiger partial charge in [-0.05, 0) is 86.8 Å². The topological polar surface area (TPSA) is 25.3 Å². The third-order valence-electron chi connectivity index (χ3n) is 17.9. The fraction of sp³-hybridized carbons (Fsp3) is 0.778. The maximum absolute atomic E-state index is 11.8. The normalized spacial score (nSPS) is 12.2. The number of aryl methyl sites for hydroxylation is 2. The number of nitrogens with zero attached hydrogens (tertiary/aromatic N) is 2. The smallest absolute Gasteiger partial charge is 0.493 e. The molecule has 3 heteroatoms. The fourth-order valence-electron chi connectivity index (χ4n) is 12.4. The molecular weight excluding hydrogens is 1060 g/mol. The molecule has 0 atom stereocenters. The van der Waals surface area contributed by atoms with Gasteiger partial charge in [0.1, 0.15) is 0 Å². The van der Waals surface area contributed by atoms with Gasteiger partial charge in [0.25, 0.3) is 0 Å². The average Bonchev–Trinajstić information content (AvgIpc) is 2.50. The summed E-state index contributed by atoms with van der Waals surface area (Å²) in [5.41, 5.74) is 21.6. The van der Waals surface area contributed by atoms with Gasteiger partial charge in [0, 0.05) is 22.3 Å². The summed E-state index contributed by atoms with van der Waals surface area (Å²) in [5.74, 6) is 0. The van der Waals surface area contributed by atoms with E-state index in [4.69, 9.17) is 0 Å². The third-order valence-corrected chi connectivity index (χ3v) is 17.9. The molecule has 0 bridgehead atoms. The summed E-state index contributed by atoms with van der Waals surface area (Å²) >= 11 is 0. The second-order valence-electron chi connectivity index (χ2n) is 26.0. The summed E-state index contributed by atoms with van der Waals surface area (Å²) in [6.07, 6.45) is 78.3. The largest absolute Gasteiger partial charge is 2.00 e.